The molecule has 1 aliphatic carbocycles. The minimum absolute atomic E-state index is 0. The Morgan fingerprint density at radius 2 is 1.82 bits per heavy atom. The van der Waals surface area contributed by atoms with Gasteiger partial charge >= 0.3 is 0 Å². The summed E-state index contributed by atoms with van der Waals surface area (Å²) < 4.78 is 82.7. The van der Waals surface area contributed by atoms with Crippen molar-refractivity contribution in [1.29, 1.82) is 5.26 Å². The van der Waals surface area contributed by atoms with Crippen molar-refractivity contribution < 1.29 is 33.8 Å². The molecule has 6 aromatic rings. The molecule has 0 amide bonds. The molecule has 0 spiro atoms. The molecule has 0 N–H and O–H groups in total. The third kappa shape index (κ3) is 8.49. The SMILES string of the molecule is [2H]C([2H])([2H])c1ccc2c(n1)sc1c(-c3cc(C([2H])([2H])[2H])c(C([2H])([2H])C4CCCC4)cn3)[c-]cc(C#N)c12.[2H]C([2H])(c1cc(-c2[c-]cccc2)ncc1[Si](C)(C)C)C(C)C.[Ir]. The summed E-state index contributed by atoms with van der Waals surface area (Å²) in [6.45, 7) is 5.61. The van der Waals surface area contributed by atoms with Crippen LogP contribution in [0.25, 0.3) is 42.8 Å². The molecule has 7 rings (SSSR count). The van der Waals surface area contributed by atoms with E-state index in [9.17, 15) is 5.26 Å². The predicted molar refractivity (Wildman–Crippen MR) is 209 cm³/mol. The van der Waals surface area contributed by atoms with Gasteiger partial charge in [-0.15, -0.1) is 53.6 Å². The quantitative estimate of drug-likeness (QED) is 0.118. The van der Waals surface area contributed by atoms with Crippen LogP contribution in [0.5, 0.6) is 0 Å². The van der Waals surface area contributed by atoms with E-state index in [0.29, 0.717) is 44.3 Å². The van der Waals surface area contributed by atoms with Gasteiger partial charge in [0, 0.05) is 63.4 Å². The van der Waals surface area contributed by atoms with Gasteiger partial charge in [0.15, 0.2) is 0 Å². The molecule has 0 aliphatic heterocycles. The third-order valence-electron chi connectivity index (χ3n) is 8.55. The summed E-state index contributed by atoms with van der Waals surface area (Å²) >= 11 is 1.19. The molecule has 1 radical (unpaired) electrons. The van der Waals surface area contributed by atoms with Gasteiger partial charge in [0.25, 0.3) is 0 Å². The Hall–Kier alpha value is -3.53. The molecule has 2 aromatic carbocycles. The van der Waals surface area contributed by atoms with Gasteiger partial charge in [0.05, 0.1) is 8.07 Å². The fourth-order valence-electron chi connectivity index (χ4n) is 6.16. The summed E-state index contributed by atoms with van der Waals surface area (Å²) in [5.41, 5.74) is 3.49. The zero-order valence-electron chi connectivity index (χ0n) is 38.9. The monoisotopic (exact) mass is 881 g/mol. The molecule has 4 nitrogen and oxygen atoms in total. The molecule has 1 fully saturated rings. The van der Waals surface area contributed by atoms with Crippen molar-refractivity contribution in [2.45, 2.75) is 85.6 Å². The first-order chi connectivity index (χ1) is 27.5. The average molecular weight is 881 g/mol. The Bertz CT molecular complexity index is 2540. The number of rotatable bonds is 7. The Morgan fingerprint density at radius 3 is 2.50 bits per heavy atom. The van der Waals surface area contributed by atoms with Gasteiger partial charge in [0.1, 0.15) is 4.83 Å². The van der Waals surface area contributed by atoms with Crippen LogP contribution in [0, 0.1) is 49.0 Å². The van der Waals surface area contributed by atoms with Crippen LogP contribution >= 0.6 is 11.3 Å². The second-order valence-electron chi connectivity index (χ2n) is 13.7. The maximum atomic E-state index is 9.73. The van der Waals surface area contributed by atoms with Crippen LogP contribution in [-0.4, -0.2) is 23.0 Å². The Morgan fingerprint density at radius 1 is 1.02 bits per heavy atom. The van der Waals surface area contributed by atoms with Crippen molar-refractivity contribution in [2.75, 3.05) is 0 Å². The molecule has 0 unspecified atom stereocenters. The van der Waals surface area contributed by atoms with Gasteiger partial charge in [-0.05, 0) is 76.8 Å². The minimum Gasteiger partial charge on any atom is -0.305 e. The van der Waals surface area contributed by atoms with E-state index in [4.69, 9.17) is 13.7 Å². The van der Waals surface area contributed by atoms with E-state index in [0.717, 1.165) is 34.8 Å². The van der Waals surface area contributed by atoms with E-state index in [1.54, 1.807) is 6.07 Å². The van der Waals surface area contributed by atoms with Gasteiger partial charge in [-0.2, -0.15) is 11.3 Å². The molecule has 1 aliphatic rings. The van der Waals surface area contributed by atoms with Crippen LogP contribution in [0.3, 0.4) is 0 Å². The van der Waals surface area contributed by atoms with Crippen LogP contribution in [0.2, 0.25) is 19.6 Å². The molecule has 0 atom stereocenters. The number of nitriles is 1. The van der Waals surface area contributed by atoms with Crippen molar-refractivity contribution >= 4 is 44.9 Å². The Kier molecular flexibility index (Phi) is 8.52. The number of nitrogens with zero attached hydrogens (tertiary/aromatic N) is 4. The number of hydrogen-bond donors (Lipinski definition) is 0. The zero-order valence-corrected chi connectivity index (χ0v) is 33.1. The van der Waals surface area contributed by atoms with Crippen LogP contribution in [0.1, 0.15) is 81.2 Å². The summed E-state index contributed by atoms with van der Waals surface area (Å²) in [4.78, 5) is 13.8. The second-order valence-corrected chi connectivity index (χ2v) is 19.8. The van der Waals surface area contributed by atoms with Crippen LogP contribution < -0.4 is 5.19 Å². The predicted octanol–water partition coefficient (Wildman–Crippen LogP) is 10.8. The van der Waals surface area contributed by atoms with E-state index < -0.39 is 34.5 Å². The number of pyridine rings is 3. The third-order valence-corrected chi connectivity index (χ3v) is 11.7. The number of fused-ring (bicyclic) bond motifs is 3. The maximum Gasteiger partial charge on any atom is 0.114 e. The van der Waals surface area contributed by atoms with E-state index >= 15 is 0 Å². The molecule has 50 heavy (non-hydrogen) atoms. The molecule has 4 aromatic heterocycles. The number of benzene rings is 2. The molecular formula is C43H46IrN4SSi-2. The van der Waals surface area contributed by atoms with Gasteiger partial charge in [0.2, 0.25) is 0 Å². The van der Waals surface area contributed by atoms with Crippen molar-refractivity contribution in [2.24, 2.45) is 11.8 Å². The summed E-state index contributed by atoms with van der Waals surface area (Å²) in [6, 6.07) is 24.0. The smallest absolute Gasteiger partial charge is 0.114 e. The van der Waals surface area contributed by atoms with Crippen LogP contribution in [0.15, 0.2) is 67.0 Å². The summed E-state index contributed by atoms with van der Waals surface area (Å²) in [5.74, 6) is -0.354. The molecule has 259 valence electrons. The summed E-state index contributed by atoms with van der Waals surface area (Å²) in [7, 11) is -1.67. The van der Waals surface area contributed by atoms with Crippen molar-refractivity contribution in [1.82, 2.24) is 15.0 Å². The molecule has 4 heterocycles. The second kappa shape index (κ2) is 16.2. The van der Waals surface area contributed by atoms with Crippen molar-refractivity contribution in [3.63, 3.8) is 0 Å². The summed E-state index contributed by atoms with van der Waals surface area (Å²) in [6.07, 6.45) is 3.26. The molecular weight excluding hydrogens is 825 g/mol. The fraction of sp³-hybridized carbons (Fsp3) is 0.349. The van der Waals surface area contributed by atoms with Gasteiger partial charge < -0.3 is 9.97 Å². The normalized spacial score (nSPS) is 17.3. The summed E-state index contributed by atoms with van der Waals surface area (Å²) in [5, 5.41) is 12.0. The molecule has 7 heteroatoms. The number of aryl methyl sites for hydroxylation is 2. The minimum atomic E-state index is -2.57. The largest absolute Gasteiger partial charge is 0.305 e. The average Bonchev–Trinajstić information content (AvgIpc) is 3.86. The molecule has 0 saturated heterocycles. The molecule has 0 bridgehead atoms. The number of hydrogen-bond acceptors (Lipinski definition) is 5. The zero-order chi connectivity index (χ0) is 43.3. The maximum absolute atomic E-state index is 9.73. The van der Waals surface area contributed by atoms with E-state index in [1.807, 2.05) is 50.4 Å². The number of aromatic nitrogens is 3. The topological polar surface area (TPSA) is 62.5 Å². The fourth-order valence-corrected chi connectivity index (χ4v) is 8.77. The van der Waals surface area contributed by atoms with Crippen LogP contribution in [0.4, 0.5) is 0 Å². The molecule has 1 saturated carbocycles. The first-order valence-electron chi connectivity index (χ1n) is 21.6. The van der Waals surface area contributed by atoms with Crippen LogP contribution in [-0.2, 0) is 32.9 Å². The van der Waals surface area contributed by atoms with Gasteiger partial charge in [-0.25, -0.2) is 10.2 Å². The Labute approximate surface area is 330 Å². The first-order valence-corrected chi connectivity index (χ1v) is 21.0. The van der Waals surface area contributed by atoms with Gasteiger partial charge in [-0.1, -0.05) is 93.9 Å². The Balaban J connectivity index is 0.000000255. The van der Waals surface area contributed by atoms with E-state index in [2.05, 4.69) is 52.8 Å². The number of thiophene rings is 1. The van der Waals surface area contributed by atoms with Crippen molar-refractivity contribution in [3.05, 3.63) is 107 Å². The van der Waals surface area contributed by atoms with E-state index in [1.165, 1.54) is 35.7 Å². The first kappa shape index (κ1) is 26.3. The standard InChI is InChI=1S/C25H22N3S.C18H24NSi.Ir/c1-15-11-22(27-14-19(15)12-17-5-3-4-6-17)20-10-8-18(13-26)23-21-9-7-16(2)28-25(21)29-24(20)23;1-14(2)11-16-12-17(15-9-7-6-8-10-15)19-13-18(16)20(3,4)5;/h7-9,11,14,17H,3-6,12H2,1-2H3;6-9,12-14H,11H2,1-5H3;/q2*-1;/i1D3,2D3,12D2;11D2;. The van der Waals surface area contributed by atoms with Crippen molar-refractivity contribution in [3.8, 4) is 28.6 Å². The van der Waals surface area contributed by atoms with Gasteiger partial charge in [-0.3, -0.25) is 0 Å². The van der Waals surface area contributed by atoms with E-state index in [-0.39, 0.29) is 54.5 Å².